The molecule has 0 amide bonds. The number of hydrogen-bond acceptors (Lipinski definition) is 6. The fraction of sp³-hybridized carbons (Fsp3) is 0.643. The Kier molecular flexibility index (Phi) is 8.63. The Morgan fingerprint density at radius 2 is 1.95 bits per heavy atom. The van der Waals surface area contributed by atoms with Crippen molar-refractivity contribution in [3.63, 3.8) is 0 Å². The van der Waals surface area contributed by atoms with Gasteiger partial charge in [-0.1, -0.05) is 25.1 Å². The average molecular weight is 551 g/mol. The molecule has 2 aliphatic carbocycles. The molecule has 2 aliphatic rings. The number of hydrogen-bond donors (Lipinski definition) is 0. The first kappa shape index (κ1) is 28.0. The summed E-state index contributed by atoms with van der Waals surface area (Å²) >= 11 is 7.26. The number of Topliss-reactive ketones (excluding diaryl/α,β-unsaturated/α-hetero) is 1. The van der Waals surface area contributed by atoms with Gasteiger partial charge in [0.2, 0.25) is 0 Å². The summed E-state index contributed by atoms with van der Waals surface area (Å²) in [6.07, 6.45) is 5.02. The number of carbonyl (C=O) groups is 2. The van der Waals surface area contributed by atoms with Crippen molar-refractivity contribution < 1.29 is 23.1 Å². The molecule has 0 saturated heterocycles. The molecule has 1 fully saturated rings. The molecule has 37 heavy (non-hydrogen) atoms. The molecule has 2 heterocycles. The van der Waals surface area contributed by atoms with E-state index in [-0.39, 0.29) is 29.8 Å². The van der Waals surface area contributed by atoms with Gasteiger partial charge in [-0.15, -0.1) is 11.3 Å². The smallest absolute Gasteiger partial charge is 0.311 e. The molecular weight excluding hydrogens is 514 g/mol. The highest BCUT2D eigenvalue weighted by atomic mass is 32.1. The van der Waals surface area contributed by atoms with Crippen LogP contribution in [0.25, 0.3) is 0 Å². The third kappa shape index (κ3) is 7.53. The molecule has 0 spiro atoms. The molecule has 1 saturated carbocycles. The zero-order chi connectivity index (χ0) is 26.9. The van der Waals surface area contributed by atoms with Crippen LogP contribution >= 0.6 is 23.6 Å². The predicted molar refractivity (Wildman–Crippen MR) is 145 cm³/mol. The van der Waals surface area contributed by atoms with Crippen LogP contribution in [0.3, 0.4) is 0 Å². The van der Waals surface area contributed by atoms with Gasteiger partial charge in [-0.2, -0.15) is 5.10 Å². The van der Waals surface area contributed by atoms with E-state index in [1.54, 1.807) is 18.4 Å². The molecule has 0 N–H and O–H groups in total. The highest BCUT2D eigenvalue weighted by Gasteiger charge is 2.32. The van der Waals surface area contributed by atoms with E-state index in [1.807, 2.05) is 20.8 Å². The van der Waals surface area contributed by atoms with Crippen LogP contribution in [0.2, 0.25) is 0 Å². The number of rotatable bonds is 11. The summed E-state index contributed by atoms with van der Waals surface area (Å²) < 4.78 is 33.1. The summed E-state index contributed by atoms with van der Waals surface area (Å²) in [5.74, 6) is 0.775. The minimum absolute atomic E-state index is 0.121. The Balaban J connectivity index is 1.48. The van der Waals surface area contributed by atoms with Crippen molar-refractivity contribution in [3.05, 3.63) is 38.3 Å². The van der Waals surface area contributed by atoms with E-state index in [9.17, 15) is 18.4 Å². The Labute approximate surface area is 227 Å². The number of fused-ring (bicyclic) bond motifs is 1. The van der Waals surface area contributed by atoms with Crippen LogP contribution in [0, 0.1) is 11.8 Å². The van der Waals surface area contributed by atoms with E-state index in [0.29, 0.717) is 30.9 Å². The lowest BCUT2D eigenvalue weighted by Gasteiger charge is -2.23. The Hall–Kier alpha value is -2.00. The third-order valence-corrected chi connectivity index (χ3v) is 8.63. The number of thiocarbonyl (C=S) groups is 1. The lowest BCUT2D eigenvalue weighted by Crippen LogP contribution is -2.25. The second-order valence-corrected chi connectivity index (χ2v) is 13.3. The first-order valence-electron chi connectivity index (χ1n) is 13.1. The maximum absolute atomic E-state index is 13.4. The predicted octanol–water partition coefficient (Wildman–Crippen LogP) is 6.78. The van der Waals surface area contributed by atoms with E-state index in [2.05, 4.69) is 5.10 Å². The van der Waals surface area contributed by atoms with Gasteiger partial charge in [0, 0.05) is 40.9 Å². The van der Waals surface area contributed by atoms with E-state index in [4.69, 9.17) is 17.0 Å². The molecule has 0 aliphatic heterocycles. The molecule has 0 aromatic carbocycles. The van der Waals surface area contributed by atoms with Gasteiger partial charge in [0.25, 0.3) is 6.43 Å². The van der Waals surface area contributed by atoms with Crippen LogP contribution in [0.4, 0.5) is 8.78 Å². The maximum Gasteiger partial charge on any atom is 0.311 e. The summed E-state index contributed by atoms with van der Waals surface area (Å²) in [5.41, 5.74) is 1.71. The summed E-state index contributed by atoms with van der Waals surface area (Å²) in [6.45, 7) is 5.54. The van der Waals surface area contributed by atoms with Crippen molar-refractivity contribution >= 4 is 40.2 Å². The number of carbonyl (C=O) groups excluding carboxylic acids is 2. The van der Waals surface area contributed by atoms with Crippen molar-refractivity contribution in [2.75, 3.05) is 0 Å². The molecule has 2 aromatic rings. The number of thiophene rings is 1. The van der Waals surface area contributed by atoms with Crippen LogP contribution < -0.4 is 0 Å². The molecule has 0 bridgehead atoms. The van der Waals surface area contributed by atoms with Gasteiger partial charge in [0.05, 0.1) is 6.42 Å². The summed E-state index contributed by atoms with van der Waals surface area (Å²) in [6, 6.07) is 1.43. The molecule has 4 rings (SSSR count). The molecule has 1 atom stereocenters. The number of ether oxygens (including phenoxy) is 1. The van der Waals surface area contributed by atoms with Gasteiger partial charge in [-0.05, 0) is 81.2 Å². The summed E-state index contributed by atoms with van der Waals surface area (Å²) in [4.78, 5) is 28.9. The molecule has 0 radical (unpaired) electrons. The first-order chi connectivity index (χ1) is 17.4. The number of esters is 1. The highest BCUT2D eigenvalue weighted by molar-refractivity contribution is 7.80. The fourth-order valence-corrected chi connectivity index (χ4v) is 6.85. The van der Waals surface area contributed by atoms with E-state index in [1.165, 1.54) is 28.5 Å². The highest BCUT2D eigenvalue weighted by Crippen LogP contribution is 2.40. The van der Waals surface area contributed by atoms with Crippen LogP contribution in [0.15, 0.2) is 6.07 Å². The second kappa shape index (κ2) is 11.4. The number of nitrogens with zero attached hydrogens (tertiary/aromatic N) is 2. The third-order valence-electron chi connectivity index (χ3n) is 7.03. The van der Waals surface area contributed by atoms with Crippen molar-refractivity contribution in [2.24, 2.45) is 18.9 Å². The number of aromatic nitrogens is 2. The first-order valence-corrected chi connectivity index (χ1v) is 14.3. The van der Waals surface area contributed by atoms with Crippen molar-refractivity contribution in [2.45, 2.75) is 97.0 Å². The number of ketones is 1. The van der Waals surface area contributed by atoms with Gasteiger partial charge in [-0.3, -0.25) is 14.3 Å². The van der Waals surface area contributed by atoms with E-state index in [0.717, 1.165) is 46.6 Å². The molecule has 9 heteroatoms. The summed E-state index contributed by atoms with van der Waals surface area (Å²) in [5, 5.41) is 3.89. The van der Waals surface area contributed by atoms with Crippen LogP contribution in [-0.2, 0) is 42.3 Å². The van der Waals surface area contributed by atoms with Gasteiger partial charge in [0.15, 0.2) is 5.78 Å². The zero-order valence-electron chi connectivity index (χ0n) is 22.1. The van der Waals surface area contributed by atoms with Crippen LogP contribution in [0.1, 0.15) is 103 Å². The van der Waals surface area contributed by atoms with Crippen molar-refractivity contribution in [1.29, 1.82) is 0 Å². The molecular formula is C28H36F2N2O3S2. The SMILES string of the molecule is Cn1nc(C(F)F)cc1CC(=S)C[C@H]1CCc2sc(CC(=O)OC(C)(C)C)c(C(=O)CCC3CC3)c2C1. The van der Waals surface area contributed by atoms with Gasteiger partial charge < -0.3 is 4.74 Å². The molecule has 202 valence electrons. The fourth-order valence-electron chi connectivity index (χ4n) is 5.11. The Morgan fingerprint density at radius 1 is 1.22 bits per heavy atom. The number of alkyl halides is 2. The van der Waals surface area contributed by atoms with Gasteiger partial charge in [0.1, 0.15) is 11.3 Å². The lowest BCUT2D eigenvalue weighted by atomic mass is 9.82. The number of aryl methyl sites for hydroxylation is 2. The van der Waals surface area contributed by atoms with Gasteiger partial charge >= 0.3 is 5.97 Å². The van der Waals surface area contributed by atoms with E-state index >= 15 is 0 Å². The van der Waals surface area contributed by atoms with Crippen LogP contribution in [0.5, 0.6) is 0 Å². The topological polar surface area (TPSA) is 61.2 Å². The monoisotopic (exact) mass is 550 g/mol. The Bertz CT molecular complexity index is 1170. The zero-order valence-corrected chi connectivity index (χ0v) is 23.7. The van der Waals surface area contributed by atoms with Crippen LogP contribution in [-0.4, -0.2) is 32.0 Å². The Morgan fingerprint density at radius 3 is 2.57 bits per heavy atom. The normalized spacial score (nSPS) is 17.6. The molecule has 2 aromatic heterocycles. The maximum atomic E-state index is 13.4. The molecule has 5 nitrogen and oxygen atoms in total. The quantitative estimate of drug-likeness (QED) is 0.175. The lowest BCUT2D eigenvalue weighted by molar-refractivity contribution is -0.153. The largest absolute Gasteiger partial charge is 0.460 e. The molecule has 0 unspecified atom stereocenters. The van der Waals surface area contributed by atoms with Crippen molar-refractivity contribution in [1.82, 2.24) is 9.78 Å². The standard InChI is InChI=1S/C28H36F2N2O3S2/c1-28(2,3)35-25(34)15-24-26(22(33)9-7-16-5-6-16)20-12-17(8-10-23(20)37-24)11-19(36)13-18-14-21(27(29)30)31-32(18)4/h14,16-17,27H,5-13,15H2,1-4H3/t17-/m1/s1. The minimum Gasteiger partial charge on any atom is -0.460 e. The van der Waals surface area contributed by atoms with Gasteiger partial charge in [-0.25, -0.2) is 8.78 Å². The van der Waals surface area contributed by atoms with Crippen molar-refractivity contribution in [3.8, 4) is 0 Å². The second-order valence-electron chi connectivity index (χ2n) is 11.5. The minimum atomic E-state index is -2.60. The van der Waals surface area contributed by atoms with E-state index < -0.39 is 12.0 Å². The number of halogens is 2. The summed E-state index contributed by atoms with van der Waals surface area (Å²) in [7, 11) is 1.66. The average Bonchev–Trinajstić information content (AvgIpc) is 3.45.